The first-order valence-corrected chi connectivity index (χ1v) is 21.5. The van der Waals surface area contributed by atoms with Crippen molar-refractivity contribution in [2.45, 2.75) is 117 Å². The minimum absolute atomic E-state index is 0.00490. The first-order valence-electron chi connectivity index (χ1n) is 21.5. The van der Waals surface area contributed by atoms with Crippen LogP contribution in [0.25, 0.3) is 66.1 Å². The summed E-state index contributed by atoms with van der Waals surface area (Å²) in [6.45, 7) is 25.5. The number of rotatable bonds is 3. The smallest absolute Gasteiger partial charge is 0.308 e. The van der Waals surface area contributed by atoms with Crippen LogP contribution < -0.4 is 0 Å². The lowest BCUT2D eigenvalue weighted by Crippen LogP contribution is -2.13. The second-order valence-corrected chi connectivity index (χ2v) is 21.4. The topological polar surface area (TPSA) is 33.6 Å². The molecule has 0 N–H and O–H groups in total. The molecule has 0 unspecified atom stereocenters. The zero-order valence-corrected chi connectivity index (χ0v) is 38.4. The van der Waals surface area contributed by atoms with Crippen molar-refractivity contribution in [2.75, 3.05) is 0 Å². The van der Waals surface area contributed by atoms with Crippen molar-refractivity contribution in [1.82, 2.24) is 9.13 Å². The van der Waals surface area contributed by atoms with Crippen molar-refractivity contribution in [2.24, 2.45) is 0 Å². The van der Waals surface area contributed by atoms with Crippen LogP contribution in [0.1, 0.15) is 122 Å². The zero-order chi connectivity index (χ0) is 46.9. The van der Waals surface area contributed by atoms with E-state index in [4.69, 9.17) is 0 Å². The van der Waals surface area contributed by atoms with E-state index >= 15 is 13.2 Å². The Morgan fingerprint density at radius 1 is 0.391 bits per heavy atom. The van der Waals surface area contributed by atoms with Gasteiger partial charge in [0.1, 0.15) is 11.6 Å². The summed E-state index contributed by atoms with van der Waals surface area (Å²) in [5.74, 6) is 0. The molecule has 0 saturated heterocycles. The molecule has 0 spiro atoms. The van der Waals surface area contributed by atoms with E-state index in [0.717, 1.165) is 71.9 Å². The highest BCUT2D eigenvalue weighted by molar-refractivity contribution is 6.12. The summed E-state index contributed by atoms with van der Waals surface area (Å²) in [5, 5.41) is 15.1. The normalized spacial score (nSPS) is 13.5. The van der Waals surface area contributed by atoms with Gasteiger partial charge in [0, 0.05) is 21.5 Å². The summed E-state index contributed by atoms with van der Waals surface area (Å²) in [7, 11) is 0. The number of aromatic nitrogens is 2. The van der Waals surface area contributed by atoms with Gasteiger partial charge in [-0.15, -0.1) is 0 Å². The summed E-state index contributed by atoms with van der Waals surface area (Å²) in [4.78, 5) is 0. The summed E-state index contributed by atoms with van der Waals surface area (Å²) in [6.07, 6.45) is -10.2. The van der Waals surface area contributed by atoms with Gasteiger partial charge < -0.3 is 9.13 Å². The third kappa shape index (κ3) is 7.63. The molecule has 0 saturated carbocycles. The molecule has 0 aliphatic heterocycles. The van der Waals surface area contributed by atoms with Crippen LogP contribution in [0.4, 0.5) is 26.3 Å². The summed E-state index contributed by atoms with van der Waals surface area (Å²) in [6, 6.07) is 31.9. The van der Waals surface area contributed by atoms with E-state index in [1.165, 1.54) is 12.1 Å². The highest BCUT2D eigenvalue weighted by Gasteiger charge is 2.39. The molecule has 2 heterocycles. The van der Waals surface area contributed by atoms with Gasteiger partial charge in [0.15, 0.2) is 0 Å². The maximum atomic E-state index is 15.1. The number of nitriles is 1. The van der Waals surface area contributed by atoms with Crippen LogP contribution in [0.3, 0.4) is 0 Å². The highest BCUT2D eigenvalue weighted by atomic mass is 19.4. The van der Waals surface area contributed by atoms with Crippen molar-refractivity contribution < 1.29 is 26.3 Å². The molecule has 8 aromatic rings. The Kier molecular flexibility index (Phi) is 10.1. The Balaban J connectivity index is 1.59. The van der Waals surface area contributed by atoms with Crippen molar-refractivity contribution >= 4 is 43.6 Å². The van der Waals surface area contributed by atoms with E-state index < -0.39 is 29.0 Å². The van der Waals surface area contributed by atoms with Crippen LogP contribution >= 0.6 is 0 Å². The van der Waals surface area contributed by atoms with Crippen molar-refractivity contribution in [3.05, 3.63) is 142 Å². The van der Waals surface area contributed by atoms with Gasteiger partial charge >= 0.3 is 12.4 Å². The Hall–Kier alpha value is -6.01. The fourth-order valence-corrected chi connectivity index (χ4v) is 8.87. The lowest BCUT2D eigenvalue weighted by molar-refractivity contribution is -0.142. The van der Waals surface area contributed by atoms with Crippen LogP contribution in [0, 0.1) is 11.3 Å². The Morgan fingerprint density at radius 3 is 0.969 bits per heavy atom. The minimum Gasteiger partial charge on any atom is -0.308 e. The van der Waals surface area contributed by atoms with Gasteiger partial charge in [-0.1, -0.05) is 113 Å². The molecular formula is C55H53F6N3. The quantitative estimate of drug-likeness (QED) is 0.163. The second kappa shape index (κ2) is 14.5. The third-order valence-electron chi connectivity index (χ3n) is 12.6. The summed E-state index contributed by atoms with van der Waals surface area (Å²) in [5.41, 5.74) is 3.82. The van der Waals surface area contributed by atoms with E-state index in [0.29, 0.717) is 17.4 Å². The first-order chi connectivity index (χ1) is 29.5. The lowest BCUT2D eigenvalue weighted by Gasteiger charge is -2.22. The van der Waals surface area contributed by atoms with Gasteiger partial charge in [0.05, 0.1) is 44.6 Å². The molecule has 0 bridgehead atoms. The van der Waals surface area contributed by atoms with E-state index in [2.05, 4.69) is 113 Å². The van der Waals surface area contributed by atoms with Gasteiger partial charge in [-0.2, -0.15) is 31.6 Å². The number of nitrogens with zero attached hydrogens (tertiary/aromatic N) is 3. The predicted molar refractivity (Wildman–Crippen MR) is 250 cm³/mol. The molecule has 0 atom stereocenters. The third-order valence-corrected chi connectivity index (χ3v) is 12.6. The van der Waals surface area contributed by atoms with E-state index in [-0.39, 0.29) is 38.9 Å². The van der Waals surface area contributed by atoms with Gasteiger partial charge in [-0.05, 0) is 128 Å². The first kappa shape index (κ1) is 44.6. The molecule has 3 nitrogen and oxygen atoms in total. The van der Waals surface area contributed by atoms with Crippen molar-refractivity contribution in [3.8, 4) is 28.6 Å². The van der Waals surface area contributed by atoms with E-state index in [9.17, 15) is 18.4 Å². The van der Waals surface area contributed by atoms with Gasteiger partial charge in [0.2, 0.25) is 0 Å². The molecule has 0 fully saturated rings. The van der Waals surface area contributed by atoms with Gasteiger partial charge in [0.25, 0.3) is 0 Å². The Labute approximate surface area is 370 Å². The van der Waals surface area contributed by atoms with Crippen molar-refractivity contribution in [1.29, 1.82) is 5.26 Å². The molecular weight excluding hydrogens is 817 g/mol. The SMILES string of the molecule is CC(C)(C)c1ccc2c(c1)c1cc(C(C)(C)C)ccc1n2-c1cc(-c2ccc(C(F)(F)F)cc2C(F)(F)F)cc(-n2c3ccc(C(C)(C)C)cc3c3cc(C(C)(C)C)ccc32)c1C#N. The minimum atomic E-state index is -5.15. The molecule has 8 rings (SSSR count). The molecule has 330 valence electrons. The molecule has 2 aromatic heterocycles. The number of alkyl halides is 6. The van der Waals surface area contributed by atoms with Gasteiger partial charge in [-0.3, -0.25) is 0 Å². The summed E-state index contributed by atoms with van der Waals surface area (Å²) >= 11 is 0. The Morgan fingerprint density at radius 2 is 0.703 bits per heavy atom. The lowest BCUT2D eigenvalue weighted by atomic mass is 9.85. The van der Waals surface area contributed by atoms with Crippen molar-refractivity contribution in [3.63, 3.8) is 0 Å². The van der Waals surface area contributed by atoms with Crippen LogP contribution in [0.15, 0.2) is 103 Å². The maximum Gasteiger partial charge on any atom is 0.417 e. The highest BCUT2D eigenvalue weighted by Crippen LogP contribution is 2.46. The predicted octanol–water partition coefficient (Wildman–Crippen LogP) is 16.6. The van der Waals surface area contributed by atoms with Crippen LogP contribution in [-0.2, 0) is 34.0 Å². The fourth-order valence-electron chi connectivity index (χ4n) is 8.87. The molecule has 0 aliphatic rings. The molecule has 64 heavy (non-hydrogen) atoms. The standard InChI is InChI=1S/C55H53F6N3/c1-50(2,3)32-14-19-44-38(25-32)39-26-33(51(4,5)6)15-20-45(39)63(44)48-23-31(37-18-13-36(54(56,57)58)29-43(37)55(59,60)61)24-49(42(48)30-62)64-46-21-16-34(52(7,8)9)27-40(46)41-28-35(53(10,11)12)17-22-47(41)64/h13-29H,1-12H3. The molecule has 6 aromatic carbocycles. The molecule has 0 radical (unpaired) electrons. The van der Waals surface area contributed by atoms with E-state index in [1.807, 2.05) is 57.7 Å². The second-order valence-electron chi connectivity index (χ2n) is 21.4. The average molecular weight is 870 g/mol. The van der Waals surface area contributed by atoms with E-state index in [1.54, 1.807) is 0 Å². The van der Waals surface area contributed by atoms with Crippen LogP contribution in [-0.4, -0.2) is 9.13 Å². The largest absolute Gasteiger partial charge is 0.417 e. The van der Waals surface area contributed by atoms with Crippen LogP contribution in [0.5, 0.6) is 0 Å². The number of hydrogen-bond acceptors (Lipinski definition) is 1. The maximum absolute atomic E-state index is 15.1. The zero-order valence-electron chi connectivity index (χ0n) is 38.4. The number of hydrogen-bond donors (Lipinski definition) is 0. The fraction of sp³-hybridized carbons (Fsp3) is 0.327. The van der Waals surface area contributed by atoms with Crippen LogP contribution in [0.2, 0.25) is 0 Å². The van der Waals surface area contributed by atoms with Gasteiger partial charge in [-0.25, -0.2) is 0 Å². The number of benzene rings is 6. The molecule has 0 aliphatic carbocycles. The Bertz CT molecular complexity index is 2910. The average Bonchev–Trinajstić information content (AvgIpc) is 3.69. The number of fused-ring (bicyclic) bond motifs is 6. The molecule has 0 amide bonds. The molecule has 9 heteroatoms. The monoisotopic (exact) mass is 869 g/mol. The summed E-state index contributed by atoms with van der Waals surface area (Å²) < 4.78 is 91.5. The number of halogens is 6.